The van der Waals surface area contributed by atoms with Crippen LogP contribution >= 0.6 is 22.7 Å². The monoisotopic (exact) mass is 785 g/mol. The number of hydrogen-bond acceptors (Lipinski definition) is 3. The Morgan fingerprint density at radius 3 is 1.58 bits per heavy atom. The summed E-state index contributed by atoms with van der Waals surface area (Å²) in [6.45, 7) is 0. The quantitative estimate of drug-likeness (QED) is 0.162. The molecule has 0 spiro atoms. The van der Waals surface area contributed by atoms with Gasteiger partial charge in [-0.05, 0) is 110 Å². The Labute approximate surface area is 350 Å². The molecule has 0 aliphatic rings. The van der Waals surface area contributed by atoms with Crippen molar-refractivity contribution in [3.8, 4) is 33.4 Å². The second kappa shape index (κ2) is 13.8. The predicted octanol–water partition coefficient (Wildman–Crippen LogP) is 17.2. The molecule has 0 saturated heterocycles. The van der Waals surface area contributed by atoms with E-state index in [1.165, 1.54) is 95.3 Å². The Hall–Kier alpha value is -7.04. The maximum atomic E-state index is 2.40. The van der Waals surface area contributed by atoms with Crippen LogP contribution in [0.5, 0.6) is 0 Å². The van der Waals surface area contributed by atoms with Crippen LogP contribution in [0, 0.1) is 0 Å². The molecule has 3 heteroatoms. The van der Waals surface area contributed by atoms with Gasteiger partial charge in [-0.1, -0.05) is 158 Å². The summed E-state index contributed by atoms with van der Waals surface area (Å²) in [6.07, 6.45) is 0. The van der Waals surface area contributed by atoms with Crippen LogP contribution in [-0.4, -0.2) is 0 Å². The molecule has 0 aliphatic heterocycles. The lowest BCUT2D eigenvalue weighted by molar-refractivity contribution is 1.29. The van der Waals surface area contributed by atoms with E-state index in [2.05, 4.69) is 217 Å². The normalized spacial score (nSPS) is 11.7. The van der Waals surface area contributed by atoms with Crippen LogP contribution in [0.4, 0.5) is 17.1 Å². The lowest BCUT2D eigenvalue weighted by Gasteiger charge is -2.26. The molecule has 59 heavy (non-hydrogen) atoms. The number of nitrogens with zero attached hydrogens (tertiary/aromatic N) is 1. The average Bonchev–Trinajstić information content (AvgIpc) is 3.89. The van der Waals surface area contributed by atoms with Crippen LogP contribution < -0.4 is 4.90 Å². The van der Waals surface area contributed by atoms with Gasteiger partial charge in [0, 0.05) is 57.4 Å². The van der Waals surface area contributed by atoms with Gasteiger partial charge in [0.1, 0.15) is 0 Å². The van der Waals surface area contributed by atoms with E-state index in [0.717, 1.165) is 17.1 Å². The Kier molecular flexibility index (Phi) is 7.97. The molecule has 1 nitrogen and oxygen atoms in total. The highest BCUT2D eigenvalue weighted by molar-refractivity contribution is 7.26. The zero-order chi connectivity index (χ0) is 38.9. The first-order valence-electron chi connectivity index (χ1n) is 20.1. The van der Waals surface area contributed by atoms with Gasteiger partial charge >= 0.3 is 0 Å². The minimum atomic E-state index is 1.11. The van der Waals surface area contributed by atoms with E-state index in [1.54, 1.807) is 0 Å². The zero-order valence-electron chi connectivity index (χ0n) is 32.0. The number of rotatable bonds is 6. The van der Waals surface area contributed by atoms with Crippen molar-refractivity contribution in [2.75, 3.05) is 4.90 Å². The molecule has 0 atom stereocenters. The number of benzene rings is 10. The second-order valence-corrected chi connectivity index (χ2v) is 17.4. The molecule has 12 rings (SSSR count). The van der Waals surface area contributed by atoms with Crippen molar-refractivity contribution in [2.24, 2.45) is 0 Å². The summed E-state index contributed by atoms with van der Waals surface area (Å²) in [6, 6.07) is 78.1. The summed E-state index contributed by atoms with van der Waals surface area (Å²) in [5, 5.41) is 10.3. The topological polar surface area (TPSA) is 3.24 Å². The molecule has 0 bridgehead atoms. The van der Waals surface area contributed by atoms with Crippen LogP contribution in [0.3, 0.4) is 0 Å². The van der Waals surface area contributed by atoms with Gasteiger partial charge in [-0.3, -0.25) is 0 Å². The highest BCUT2D eigenvalue weighted by atomic mass is 32.1. The molecule has 0 radical (unpaired) electrons. The van der Waals surface area contributed by atoms with Crippen molar-refractivity contribution in [3.63, 3.8) is 0 Å². The van der Waals surface area contributed by atoms with E-state index in [9.17, 15) is 0 Å². The Morgan fingerprint density at radius 2 is 0.847 bits per heavy atom. The van der Waals surface area contributed by atoms with Crippen LogP contribution in [0.2, 0.25) is 0 Å². The lowest BCUT2D eigenvalue weighted by Crippen LogP contribution is -2.09. The molecular weight excluding hydrogens is 751 g/mol. The number of thiophene rings is 2. The Balaban J connectivity index is 0.996. The SMILES string of the molecule is c1ccc(-c2cccc3cccc(-c4ccc(N(c5ccc(-c6cccc7c6sc6ccccc67)cc5)c5ccc6c(ccc7sc8ccccc8c76)c5)cc4)c23)cc1. The van der Waals surface area contributed by atoms with Crippen molar-refractivity contribution in [1.82, 2.24) is 0 Å². The average molecular weight is 786 g/mol. The zero-order valence-corrected chi connectivity index (χ0v) is 33.6. The molecule has 0 aliphatic carbocycles. The maximum absolute atomic E-state index is 2.40. The van der Waals surface area contributed by atoms with Gasteiger partial charge in [0.2, 0.25) is 0 Å². The maximum Gasteiger partial charge on any atom is 0.0468 e. The lowest BCUT2D eigenvalue weighted by atomic mass is 9.91. The number of fused-ring (bicyclic) bond motifs is 9. The van der Waals surface area contributed by atoms with Crippen molar-refractivity contribution in [1.29, 1.82) is 0 Å². The molecule has 2 aromatic heterocycles. The highest BCUT2D eigenvalue weighted by Gasteiger charge is 2.18. The van der Waals surface area contributed by atoms with E-state index < -0.39 is 0 Å². The summed E-state index contributed by atoms with van der Waals surface area (Å²) in [5.41, 5.74) is 10.7. The van der Waals surface area contributed by atoms with Gasteiger partial charge in [-0.25, -0.2) is 0 Å². The standard InChI is InChI=1S/C56H35NS2/c1-2-11-36(12-3-1)44-17-8-13-39-14-9-18-45(54(39)44)37-23-28-41(29-24-37)57(43-32-33-46-40(35-43)27-34-53-55(46)50-16-5-7-22-52(50)58-53)42-30-25-38(26-31-42)47-19-10-20-49-48-15-4-6-21-51(48)59-56(47)49/h1-35H. The molecule has 276 valence electrons. The van der Waals surface area contributed by atoms with E-state index in [4.69, 9.17) is 0 Å². The Bertz CT molecular complexity index is 3540. The third-order valence-corrected chi connectivity index (χ3v) is 14.2. The van der Waals surface area contributed by atoms with Crippen molar-refractivity contribution in [3.05, 3.63) is 212 Å². The first-order valence-corrected chi connectivity index (χ1v) is 21.7. The molecule has 0 N–H and O–H groups in total. The molecule has 10 aromatic carbocycles. The predicted molar refractivity (Wildman–Crippen MR) is 258 cm³/mol. The molecule has 0 saturated carbocycles. The second-order valence-electron chi connectivity index (χ2n) is 15.2. The van der Waals surface area contributed by atoms with E-state index in [1.807, 2.05) is 22.7 Å². The van der Waals surface area contributed by atoms with Gasteiger partial charge in [0.15, 0.2) is 0 Å². The van der Waals surface area contributed by atoms with Crippen molar-refractivity contribution >= 4 is 102 Å². The van der Waals surface area contributed by atoms with E-state index in [-0.39, 0.29) is 0 Å². The summed E-state index contributed by atoms with van der Waals surface area (Å²) in [7, 11) is 0. The van der Waals surface area contributed by atoms with Crippen molar-refractivity contribution < 1.29 is 0 Å². The van der Waals surface area contributed by atoms with Gasteiger partial charge < -0.3 is 4.90 Å². The van der Waals surface area contributed by atoms with Gasteiger partial charge in [0.25, 0.3) is 0 Å². The fraction of sp³-hybridized carbons (Fsp3) is 0. The molecule has 0 unspecified atom stereocenters. The minimum Gasteiger partial charge on any atom is -0.310 e. The fourth-order valence-corrected chi connectivity index (χ4v) is 11.5. The van der Waals surface area contributed by atoms with Crippen LogP contribution in [0.1, 0.15) is 0 Å². The minimum absolute atomic E-state index is 1.11. The molecule has 12 aromatic rings. The van der Waals surface area contributed by atoms with Crippen LogP contribution in [0.15, 0.2) is 212 Å². The summed E-state index contributed by atoms with van der Waals surface area (Å²) < 4.78 is 5.31. The molecule has 0 fully saturated rings. The summed E-state index contributed by atoms with van der Waals surface area (Å²) in [5.74, 6) is 0. The summed E-state index contributed by atoms with van der Waals surface area (Å²) >= 11 is 3.75. The van der Waals surface area contributed by atoms with Crippen LogP contribution in [-0.2, 0) is 0 Å². The fourth-order valence-electron chi connectivity index (χ4n) is 9.12. The number of anilines is 3. The van der Waals surface area contributed by atoms with Crippen LogP contribution in [0.25, 0.3) is 95.3 Å². The first-order chi connectivity index (χ1) is 29.2. The molecular formula is C56H35NS2. The van der Waals surface area contributed by atoms with E-state index in [0.29, 0.717) is 0 Å². The smallest absolute Gasteiger partial charge is 0.0468 e. The Morgan fingerprint density at radius 1 is 0.288 bits per heavy atom. The number of hydrogen-bond donors (Lipinski definition) is 0. The van der Waals surface area contributed by atoms with Crippen molar-refractivity contribution in [2.45, 2.75) is 0 Å². The molecule has 2 heterocycles. The largest absolute Gasteiger partial charge is 0.310 e. The van der Waals surface area contributed by atoms with Gasteiger partial charge in [0.05, 0.1) is 0 Å². The van der Waals surface area contributed by atoms with E-state index >= 15 is 0 Å². The molecule has 0 amide bonds. The van der Waals surface area contributed by atoms with Gasteiger partial charge in [-0.2, -0.15) is 0 Å². The third-order valence-electron chi connectivity index (χ3n) is 11.9. The van der Waals surface area contributed by atoms with Gasteiger partial charge in [-0.15, -0.1) is 22.7 Å². The summed E-state index contributed by atoms with van der Waals surface area (Å²) in [4.78, 5) is 2.40. The highest BCUT2D eigenvalue weighted by Crippen LogP contribution is 2.45. The first kappa shape index (κ1) is 34.0. The third kappa shape index (κ3) is 5.66.